The second-order valence-electron chi connectivity index (χ2n) is 14.0. The van der Waals surface area contributed by atoms with Crippen LogP contribution in [0.4, 0.5) is 5.69 Å². The number of primary amides is 1. The molecule has 16 heteroatoms. The van der Waals surface area contributed by atoms with Crippen LogP contribution in [0.5, 0.6) is 5.75 Å². The number of carbonyl (C=O) groups is 3. The Morgan fingerprint density at radius 2 is 1.28 bits per heavy atom. The van der Waals surface area contributed by atoms with Crippen LogP contribution in [-0.4, -0.2) is 109 Å². The van der Waals surface area contributed by atoms with Crippen molar-refractivity contribution >= 4 is 35.1 Å². The summed E-state index contributed by atoms with van der Waals surface area (Å²) in [6.07, 6.45) is 0.463. The first kappa shape index (κ1) is 49.5. The monoisotopic (exact) mass is 843 g/mol. The average molecular weight is 844 g/mol. The molecular weight excluding hydrogens is 783 g/mol. The number of ether oxygens (including phenoxy) is 6. The first-order valence-corrected chi connectivity index (χ1v) is 20.3. The zero-order chi connectivity index (χ0) is 44.1. The van der Waals surface area contributed by atoms with Gasteiger partial charge in [-0.05, 0) is 60.9 Å². The van der Waals surface area contributed by atoms with Gasteiger partial charge in [0.1, 0.15) is 18.2 Å². The van der Waals surface area contributed by atoms with Crippen LogP contribution in [0.1, 0.15) is 62.3 Å². The first-order valence-electron chi connectivity index (χ1n) is 20.3. The van der Waals surface area contributed by atoms with Crippen molar-refractivity contribution in [3.05, 3.63) is 95.1 Å². The van der Waals surface area contributed by atoms with Crippen LogP contribution in [-0.2, 0) is 44.6 Å². The zero-order valence-corrected chi connectivity index (χ0v) is 35.6. The fourth-order valence-corrected chi connectivity index (χ4v) is 5.30. The Morgan fingerprint density at radius 3 is 1.95 bits per heavy atom. The molecule has 0 aliphatic carbocycles. The van der Waals surface area contributed by atoms with E-state index < -0.39 is 5.91 Å². The van der Waals surface area contributed by atoms with Gasteiger partial charge in [0.25, 0.3) is 0 Å². The van der Waals surface area contributed by atoms with Crippen molar-refractivity contribution in [3.63, 3.8) is 0 Å². The molecule has 3 amide bonds. The fourth-order valence-electron chi connectivity index (χ4n) is 5.30. The lowest BCUT2D eigenvalue weighted by atomic mass is 10.0. The third-order valence-electron chi connectivity index (χ3n) is 8.33. The van der Waals surface area contributed by atoms with Gasteiger partial charge in [-0.1, -0.05) is 56.0 Å². The van der Waals surface area contributed by atoms with E-state index >= 15 is 0 Å². The maximum Gasteiger partial charge on any atom is 0.227 e. The van der Waals surface area contributed by atoms with E-state index in [4.69, 9.17) is 45.6 Å². The zero-order valence-electron chi connectivity index (χ0n) is 35.6. The Morgan fingerprint density at radius 1 is 0.689 bits per heavy atom. The topological polar surface area (TPSA) is 225 Å². The molecular formula is C45H61N7O9. The number of anilines is 1. The van der Waals surface area contributed by atoms with Crippen LogP contribution < -0.4 is 32.2 Å². The van der Waals surface area contributed by atoms with Crippen molar-refractivity contribution in [3.8, 4) is 17.6 Å². The van der Waals surface area contributed by atoms with Gasteiger partial charge in [-0.25, -0.2) is 0 Å². The summed E-state index contributed by atoms with van der Waals surface area (Å²) < 4.78 is 32.8. The number of hydrogen-bond acceptors (Lipinski definition) is 11. The number of rotatable bonds is 26. The number of hydrogen-bond donors (Lipinski definition) is 4. The molecule has 1 heterocycles. The van der Waals surface area contributed by atoms with Crippen LogP contribution in [0.15, 0.2) is 83.0 Å². The second-order valence-corrected chi connectivity index (χ2v) is 14.0. The SMILES string of the molecule is C/C(N)=N/N=C(\N)c1ccc(OCCOCCOCCOCCNC(=O)CCOCCOCC(C)C)cc1.NC(=O)CCC(=O)N1Cc2ccccc2C#Cc2ccccc21. The van der Waals surface area contributed by atoms with Gasteiger partial charge in [-0.2, -0.15) is 0 Å². The van der Waals surface area contributed by atoms with E-state index in [1.54, 1.807) is 36.1 Å². The summed E-state index contributed by atoms with van der Waals surface area (Å²) in [4.78, 5) is 37.0. The van der Waals surface area contributed by atoms with E-state index in [2.05, 4.69) is 41.2 Å². The highest BCUT2D eigenvalue weighted by Gasteiger charge is 2.21. The van der Waals surface area contributed by atoms with Gasteiger partial charge in [-0.15, -0.1) is 10.2 Å². The van der Waals surface area contributed by atoms with Gasteiger partial charge in [0.2, 0.25) is 17.7 Å². The maximum absolute atomic E-state index is 12.6. The first-order chi connectivity index (χ1) is 29.5. The number of fused-ring (bicyclic) bond motifs is 2. The molecule has 0 radical (unpaired) electrons. The van der Waals surface area contributed by atoms with Crippen molar-refractivity contribution in [2.75, 3.05) is 84.1 Å². The number of amides is 3. The van der Waals surface area contributed by atoms with E-state index in [0.29, 0.717) is 103 Å². The highest BCUT2D eigenvalue weighted by atomic mass is 16.6. The number of nitrogens with zero attached hydrogens (tertiary/aromatic N) is 3. The molecule has 16 nitrogen and oxygen atoms in total. The number of nitrogens with two attached hydrogens (primary N) is 3. The number of para-hydroxylation sites is 1. The molecule has 0 saturated heterocycles. The number of nitrogens with one attached hydrogen (secondary N) is 1. The Bertz CT molecular complexity index is 1910. The lowest BCUT2D eigenvalue weighted by Gasteiger charge is -2.25. The average Bonchev–Trinajstić information content (AvgIpc) is 3.24. The normalized spacial score (nSPS) is 12.2. The number of amidine groups is 2. The smallest absolute Gasteiger partial charge is 0.227 e. The number of carbonyl (C=O) groups excluding carboxylic acids is 3. The summed E-state index contributed by atoms with van der Waals surface area (Å²) in [5, 5.41) is 10.4. The van der Waals surface area contributed by atoms with Gasteiger partial charge in [0.05, 0.1) is 71.7 Å². The third kappa shape index (κ3) is 21.3. The van der Waals surface area contributed by atoms with Gasteiger partial charge in [0.15, 0.2) is 5.84 Å². The lowest BCUT2D eigenvalue weighted by Crippen LogP contribution is -2.32. The van der Waals surface area contributed by atoms with Gasteiger partial charge < -0.3 is 55.8 Å². The molecule has 0 fully saturated rings. The molecule has 7 N–H and O–H groups in total. The van der Waals surface area contributed by atoms with Crippen molar-refractivity contribution < 1.29 is 42.8 Å². The Hall–Kier alpha value is -5.83. The Kier molecular flexibility index (Phi) is 23.9. The minimum Gasteiger partial charge on any atom is -0.491 e. The molecule has 0 bridgehead atoms. The molecule has 1 aliphatic rings. The van der Waals surface area contributed by atoms with E-state index in [1.165, 1.54) is 0 Å². The molecule has 0 unspecified atom stereocenters. The molecule has 0 spiro atoms. The molecule has 0 saturated carbocycles. The largest absolute Gasteiger partial charge is 0.491 e. The molecule has 4 rings (SSSR count). The van der Waals surface area contributed by atoms with Crippen molar-refractivity contribution in [1.29, 1.82) is 0 Å². The van der Waals surface area contributed by atoms with Crippen LogP contribution in [0.3, 0.4) is 0 Å². The van der Waals surface area contributed by atoms with Crippen LogP contribution >= 0.6 is 0 Å². The summed E-state index contributed by atoms with van der Waals surface area (Å²) >= 11 is 0. The van der Waals surface area contributed by atoms with Crippen LogP contribution in [0, 0.1) is 17.8 Å². The quantitative estimate of drug-likeness (QED) is 0.0301. The molecule has 3 aromatic rings. The third-order valence-corrected chi connectivity index (χ3v) is 8.33. The minimum absolute atomic E-state index is 0.0465. The summed E-state index contributed by atoms with van der Waals surface area (Å²) in [6.45, 7) is 11.9. The Balaban J connectivity index is 0.000000364. The van der Waals surface area contributed by atoms with E-state index in [1.807, 2.05) is 48.5 Å². The highest BCUT2D eigenvalue weighted by molar-refractivity contribution is 5.98. The number of benzene rings is 3. The standard InChI is InChI=1S/C26H45N5O7.C19H16N2O2/c1-21(2)20-37-17-16-33-10-8-25(32)29-9-11-34-12-13-35-14-15-36-18-19-38-24-6-4-23(5-7-24)26(28)31-30-22(3)27;20-18(22)11-12-19(23)21-13-16-7-2-1-5-14(16)9-10-15-6-3-4-8-17(15)21/h4-7,21H,8-20H2,1-3H3,(H2,27,30)(H2,28,31)(H,29,32);1-8H,11-13H2,(H2,20,22). The minimum atomic E-state index is -0.473. The predicted octanol–water partition coefficient (Wildman–Crippen LogP) is 3.51. The summed E-state index contributed by atoms with van der Waals surface area (Å²) in [7, 11) is 0. The molecule has 330 valence electrons. The molecule has 0 aromatic heterocycles. The van der Waals surface area contributed by atoms with Crippen molar-refractivity contribution in [2.45, 2.75) is 46.6 Å². The predicted molar refractivity (Wildman–Crippen MR) is 235 cm³/mol. The molecule has 61 heavy (non-hydrogen) atoms. The van der Waals surface area contributed by atoms with E-state index in [0.717, 1.165) is 34.5 Å². The summed E-state index contributed by atoms with van der Waals surface area (Å²) in [5.41, 5.74) is 20.6. The van der Waals surface area contributed by atoms with Crippen molar-refractivity contribution in [2.24, 2.45) is 33.3 Å². The highest BCUT2D eigenvalue weighted by Crippen LogP contribution is 2.26. The summed E-state index contributed by atoms with van der Waals surface area (Å²) in [5.74, 6) is 7.46. The van der Waals surface area contributed by atoms with Gasteiger partial charge in [-0.3, -0.25) is 14.4 Å². The summed E-state index contributed by atoms with van der Waals surface area (Å²) in [6, 6.07) is 22.5. The van der Waals surface area contributed by atoms with Crippen LogP contribution in [0.25, 0.3) is 0 Å². The van der Waals surface area contributed by atoms with E-state index in [-0.39, 0.29) is 30.5 Å². The van der Waals surface area contributed by atoms with Crippen molar-refractivity contribution in [1.82, 2.24) is 5.32 Å². The Labute approximate surface area is 359 Å². The maximum atomic E-state index is 12.6. The molecule has 0 atom stereocenters. The lowest BCUT2D eigenvalue weighted by molar-refractivity contribution is -0.123. The molecule has 1 aliphatic heterocycles. The van der Waals surface area contributed by atoms with Gasteiger partial charge >= 0.3 is 0 Å². The second kappa shape index (κ2) is 29.4. The van der Waals surface area contributed by atoms with E-state index in [9.17, 15) is 14.4 Å². The fraction of sp³-hybridized carbons (Fsp3) is 0.444. The molecule has 3 aromatic carbocycles. The van der Waals surface area contributed by atoms with Gasteiger partial charge in [0, 0.05) is 49.1 Å². The van der Waals surface area contributed by atoms with Crippen LogP contribution in [0.2, 0.25) is 0 Å².